The van der Waals surface area contributed by atoms with Gasteiger partial charge in [-0.3, -0.25) is 4.79 Å². The summed E-state index contributed by atoms with van der Waals surface area (Å²) in [4.78, 5) is 15.8. The lowest BCUT2D eigenvalue weighted by atomic mass is 10.0. The third kappa shape index (κ3) is 3.50. The predicted molar refractivity (Wildman–Crippen MR) is 89.6 cm³/mol. The molecule has 2 atom stereocenters. The SMILES string of the molecule is CCC(C)(F)CC#CC(=O)c1nc2n(n1)[C@@H](c1ccccc1)CC2(F)F. The van der Waals surface area contributed by atoms with Crippen molar-refractivity contribution in [3.8, 4) is 11.8 Å². The van der Waals surface area contributed by atoms with Gasteiger partial charge in [0.15, 0.2) is 5.82 Å². The van der Waals surface area contributed by atoms with E-state index < -0.39 is 35.7 Å². The molecule has 7 heteroatoms. The fourth-order valence-corrected chi connectivity index (χ4v) is 2.73. The van der Waals surface area contributed by atoms with Gasteiger partial charge in [0, 0.05) is 12.8 Å². The van der Waals surface area contributed by atoms with Crippen LogP contribution >= 0.6 is 0 Å². The first kappa shape index (κ1) is 18.2. The number of hydrogen-bond donors (Lipinski definition) is 0. The number of Topliss-reactive ketones (excluding diaryl/α,β-unsaturated/α-hetero) is 1. The van der Waals surface area contributed by atoms with Crippen molar-refractivity contribution in [3.63, 3.8) is 0 Å². The van der Waals surface area contributed by atoms with E-state index in [1.807, 2.05) is 0 Å². The largest absolute Gasteiger partial charge is 0.308 e. The Kier molecular flexibility index (Phi) is 4.61. The Morgan fingerprint density at radius 3 is 2.73 bits per heavy atom. The van der Waals surface area contributed by atoms with Crippen LogP contribution in [-0.4, -0.2) is 26.2 Å². The Labute approximate surface area is 149 Å². The molecule has 0 bridgehead atoms. The molecule has 1 aliphatic rings. The fourth-order valence-electron chi connectivity index (χ4n) is 2.73. The molecular weight excluding hydrogens is 343 g/mol. The zero-order valence-electron chi connectivity index (χ0n) is 14.5. The normalized spacial score (nSPS) is 20.0. The summed E-state index contributed by atoms with van der Waals surface area (Å²) >= 11 is 0. The number of aromatic nitrogens is 3. The average molecular weight is 361 g/mol. The maximum absolute atomic E-state index is 14.3. The fraction of sp³-hybridized carbons (Fsp3) is 0.421. The van der Waals surface area contributed by atoms with Gasteiger partial charge in [-0.15, -0.1) is 5.10 Å². The highest BCUT2D eigenvalue weighted by molar-refractivity contribution is 6.06. The van der Waals surface area contributed by atoms with E-state index in [9.17, 15) is 18.0 Å². The third-order valence-electron chi connectivity index (χ3n) is 4.49. The number of fused-ring (bicyclic) bond motifs is 1. The molecule has 1 unspecified atom stereocenters. The number of ketones is 1. The van der Waals surface area contributed by atoms with Crippen molar-refractivity contribution in [1.29, 1.82) is 0 Å². The van der Waals surface area contributed by atoms with E-state index in [0.29, 0.717) is 5.56 Å². The summed E-state index contributed by atoms with van der Waals surface area (Å²) < 4.78 is 43.5. The molecule has 1 aromatic carbocycles. The quantitative estimate of drug-likeness (QED) is 0.468. The minimum absolute atomic E-state index is 0.119. The standard InChI is InChI=1S/C19H18F3N3O/c1-3-18(2,20)11-7-10-15(26)16-23-17-19(21,22)12-14(25(17)24-16)13-8-5-4-6-9-13/h4-6,8-9,14H,3,11-12H2,1-2H3/t14-,18?/m1/s1. The van der Waals surface area contributed by atoms with Crippen LogP contribution in [0.2, 0.25) is 0 Å². The third-order valence-corrected chi connectivity index (χ3v) is 4.49. The highest BCUT2D eigenvalue weighted by Crippen LogP contribution is 2.45. The molecule has 1 aromatic heterocycles. The van der Waals surface area contributed by atoms with E-state index in [-0.39, 0.29) is 18.7 Å². The first-order chi connectivity index (χ1) is 12.2. The van der Waals surface area contributed by atoms with Crippen LogP contribution in [0.3, 0.4) is 0 Å². The van der Waals surface area contributed by atoms with Gasteiger partial charge in [0.1, 0.15) is 5.67 Å². The number of nitrogens with zero attached hydrogens (tertiary/aromatic N) is 3. The number of carbonyl (C=O) groups is 1. The summed E-state index contributed by atoms with van der Waals surface area (Å²) in [5.41, 5.74) is -0.834. The van der Waals surface area contributed by atoms with Gasteiger partial charge in [-0.1, -0.05) is 43.2 Å². The molecule has 1 aliphatic heterocycles. The topological polar surface area (TPSA) is 47.8 Å². The van der Waals surface area contributed by atoms with E-state index in [2.05, 4.69) is 21.9 Å². The maximum Gasteiger partial charge on any atom is 0.308 e. The Bertz CT molecular complexity index is 878. The number of alkyl halides is 3. The second-order valence-electron chi connectivity index (χ2n) is 6.61. The highest BCUT2D eigenvalue weighted by Gasteiger charge is 2.49. The molecule has 0 radical (unpaired) electrons. The Morgan fingerprint density at radius 2 is 2.08 bits per heavy atom. The Balaban J connectivity index is 1.87. The van der Waals surface area contributed by atoms with E-state index >= 15 is 0 Å². The minimum Gasteiger partial charge on any atom is -0.276 e. The van der Waals surface area contributed by atoms with Crippen LogP contribution in [0.25, 0.3) is 0 Å². The van der Waals surface area contributed by atoms with Crippen molar-refractivity contribution in [2.45, 2.75) is 50.7 Å². The summed E-state index contributed by atoms with van der Waals surface area (Å²) in [5.74, 6) is -0.198. The highest BCUT2D eigenvalue weighted by atomic mass is 19.3. The zero-order valence-corrected chi connectivity index (χ0v) is 14.5. The summed E-state index contributed by atoms with van der Waals surface area (Å²) in [7, 11) is 0. The summed E-state index contributed by atoms with van der Waals surface area (Å²) in [6.07, 6.45) is -0.313. The first-order valence-electron chi connectivity index (χ1n) is 8.35. The number of benzene rings is 1. The van der Waals surface area contributed by atoms with Crippen molar-refractivity contribution in [1.82, 2.24) is 14.8 Å². The molecule has 136 valence electrons. The Hall–Kier alpha value is -2.62. The van der Waals surface area contributed by atoms with Gasteiger partial charge in [-0.2, -0.15) is 8.78 Å². The molecular formula is C19H18F3N3O. The van der Waals surface area contributed by atoms with Gasteiger partial charge >= 0.3 is 5.92 Å². The van der Waals surface area contributed by atoms with E-state index in [1.54, 1.807) is 37.3 Å². The van der Waals surface area contributed by atoms with Gasteiger partial charge < -0.3 is 0 Å². The van der Waals surface area contributed by atoms with Crippen LogP contribution in [0, 0.1) is 11.8 Å². The molecule has 0 saturated heterocycles. The number of halogens is 3. The minimum atomic E-state index is -3.18. The molecule has 0 spiro atoms. The molecule has 0 N–H and O–H groups in total. The summed E-state index contributed by atoms with van der Waals surface area (Å²) in [6, 6.07) is 8.05. The zero-order chi connectivity index (χ0) is 18.9. The van der Waals surface area contributed by atoms with E-state index in [4.69, 9.17) is 0 Å². The molecule has 3 rings (SSSR count). The molecule has 2 heterocycles. The number of carbonyl (C=O) groups excluding carboxylic acids is 1. The van der Waals surface area contributed by atoms with Crippen molar-refractivity contribution in [2.24, 2.45) is 0 Å². The average Bonchev–Trinajstić information content (AvgIpc) is 3.15. The number of hydrogen-bond acceptors (Lipinski definition) is 3. The molecule has 26 heavy (non-hydrogen) atoms. The lowest BCUT2D eigenvalue weighted by Gasteiger charge is -2.13. The van der Waals surface area contributed by atoms with Crippen LogP contribution in [0.15, 0.2) is 30.3 Å². The summed E-state index contributed by atoms with van der Waals surface area (Å²) in [5, 5.41) is 3.96. The van der Waals surface area contributed by atoms with Gasteiger partial charge in [0.05, 0.1) is 6.04 Å². The molecule has 0 fully saturated rings. The summed E-state index contributed by atoms with van der Waals surface area (Å²) in [6.45, 7) is 3.07. The predicted octanol–water partition coefficient (Wildman–Crippen LogP) is 4.08. The van der Waals surface area contributed by atoms with Crippen LogP contribution in [0.4, 0.5) is 13.2 Å². The van der Waals surface area contributed by atoms with Gasteiger partial charge in [-0.25, -0.2) is 14.1 Å². The Morgan fingerprint density at radius 1 is 1.38 bits per heavy atom. The first-order valence-corrected chi connectivity index (χ1v) is 8.35. The van der Waals surface area contributed by atoms with Crippen LogP contribution < -0.4 is 0 Å². The van der Waals surface area contributed by atoms with Crippen molar-refractivity contribution in [2.75, 3.05) is 0 Å². The molecule has 0 amide bonds. The van der Waals surface area contributed by atoms with Crippen LogP contribution in [-0.2, 0) is 5.92 Å². The van der Waals surface area contributed by atoms with Gasteiger partial charge in [0.2, 0.25) is 5.82 Å². The van der Waals surface area contributed by atoms with Gasteiger partial charge in [0.25, 0.3) is 5.78 Å². The molecule has 0 aliphatic carbocycles. The second-order valence-corrected chi connectivity index (χ2v) is 6.61. The van der Waals surface area contributed by atoms with Crippen molar-refractivity contribution < 1.29 is 18.0 Å². The lowest BCUT2D eigenvalue weighted by molar-refractivity contribution is -0.00882. The van der Waals surface area contributed by atoms with E-state index in [0.717, 1.165) is 4.68 Å². The van der Waals surface area contributed by atoms with Crippen molar-refractivity contribution >= 4 is 5.78 Å². The molecule has 4 nitrogen and oxygen atoms in total. The van der Waals surface area contributed by atoms with Crippen LogP contribution in [0.1, 0.15) is 61.2 Å². The second kappa shape index (κ2) is 6.60. The molecule has 2 aromatic rings. The monoisotopic (exact) mass is 361 g/mol. The lowest BCUT2D eigenvalue weighted by Crippen LogP contribution is -2.15. The van der Waals surface area contributed by atoms with Crippen molar-refractivity contribution in [3.05, 3.63) is 47.5 Å². The molecule has 0 saturated carbocycles. The maximum atomic E-state index is 14.3. The van der Waals surface area contributed by atoms with E-state index in [1.165, 1.54) is 6.92 Å². The van der Waals surface area contributed by atoms with Crippen LogP contribution in [0.5, 0.6) is 0 Å². The smallest absolute Gasteiger partial charge is 0.276 e. The number of rotatable bonds is 4. The van der Waals surface area contributed by atoms with Gasteiger partial charge in [-0.05, 0) is 24.8 Å².